The van der Waals surface area contributed by atoms with Crippen molar-refractivity contribution in [2.75, 3.05) is 13.2 Å². The minimum Gasteiger partial charge on any atom is -0.394 e. The number of hydrogen-bond acceptors (Lipinski definition) is 15. The highest BCUT2D eigenvalue weighted by Crippen LogP contribution is 2.61. The number of aromatic nitrogens is 2. The van der Waals surface area contributed by atoms with Gasteiger partial charge in [0.1, 0.15) is 24.4 Å². The predicted octanol–water partition coefficient (Wildman–Crippen LogP) is -3.86. The van der Waals surface area contributed by atoms with Crippen LogP contribution in [0.3, 0.4) is 0 Å². The molecule has 8 N–H and O–H groups in total. The Morgan fingerprint density at radius 3 is 2.28 bits per heavy atom. The Kier molecular flexibility index (Phi) is 9.36. The number of phosphoric acid groups is 2. The van der Waals surface area contributed by atoms with Crippen molar-refractivity contribution in [1.82, 2.24) is 9.55 Å². The molecule has 2 saturated heterocycles. The van der Waals surface area contributed by atoms with E-state index in [1.165, 1.54) is 0 Å². The molecular weight excluding hydrogens is 558 g/mol. The molecule has 36 heavy (non-hydrogen) atoms. The molecule has 2 aliphatic heterocycles. The van der Waals surface area contributed by atoms with Crippen molar-refractivity contribution in [2.45, 2.75) is 54.4 Å². The normalized spacial score (nSPS) is 38.4. The molecule has 21 heteroatoms. The maximum Gasteiger partial charge on any atom is 0.483 e. The third kappa shape index (κ3) is 6.71. The Bertz CT molecular complexity index is 1130. The zero-order valence-electron chi connectivity index (χ0n) is 17.9. The molecule has 206 valence electrons. The molecule has 2 aliphatic rings. The van der Waals surface area contributed by atoms with Crippen molar-refractivity contribution in [3.8, 4) is 0 Å². The maximum absolute atomic E-state index is 12.2. The van der Waals surface area contributed by atoms with Crippen LogP contribution in [0.5, 0.6) is 0 Å². The van der Waals surface area contributed by atoms with Crippen molar-refractivity contribution >= 4 is 28.3 Å². The van der Waals surface area contributed by atoms with Gasteiger partial charge in [-0.25, -0.2) is 13.9 Å². The molecule has 0 radical (unpaired) electrons. The lowest BCUT2D eigenvalue weighted by Crippen LogP contribution is -2.57. The molecule has 2 fully saturated rings. The molecular formula is C15H24N2O16P2S. The molecule has 0 spiro atoms. The largest absolute Gasteiger partial charge is 0.483 e. The first-order valence-corrected chi connectivity index (χ1v) is 13.5. The van der Waals surface area contributed by atoms with E-state index in [2.05, 4.69) is 26.0 Å². The summed E-state index contributed by atoms with van der Waals surface area (Å²) in [6, 6.07) is 0.938. The number of rotatable bonds is 9. The first kappa shape index (κ1) is 29.6. The van der Waals surface area contributed by atoms with Crippen molar-refractivity contribution < 1.29 is 67.3 Å². The fourth-order valence-electron chi connectivity index (χ4n) is 3.35. The predicted molar refractivity (Wildman–Crippen MR) is 116 cm³/mol. The van der Waals surface area contributed by atoms with Crippen molar-refractivity contribution in [1.29, 1.82) is 0 Å². The Hall–Kier alpha value is -0.990. The second kappa shape index (κ2) is 11.4. The number of H-pyrrole nitrogens is 1. The van der Waals surface area contributed by atoms with Crippen LogP contribution in [0.4, 0.5) is 0 Å². The third-order valence-electron chi connectivity index (χ3n) is 5.16. The van der Waals surface area contributed by atoms with Crippen molar-refractivity contribution in [3.63, 3.8) is 0 Å². The van der Waals surface area contributed by atoms with Crippen LogP contribution in [-0.2, 0) is 32.0 Å². The van der Waals surface area contributed by atoms with Gasteiger partial charge in [0.25, 0.3) is 5.56 Å². The van der Waals surface area contributed by atoms with Gasteiger partial charge in [0.2, 0.25) is 0 Å². The fraction of sp³-hybridized carbons (Fsp3) is 0.733. The number of ether oxygens (including phenoxy) is 2. The van der Waals surface area contributed by atoms with Crippen molar-refractivity contribution in [3.05, 3.63) is 33.1 Å². The van der Waals surface area contributed by atoms with Gasteiger partial charge in [-0.1, -0.05) is 0 Å². The molecule has 11 atom stereocenters. The van der Waals surface area contributed by atoms with E-state index in [-0.39, 0.29) is 0 Å². The van der Waals surface area contributed by atoms with Gasteiger partial charge in [-0.15, -0.1) is 0 Å². The van der Waals surface area contributed by atoms with Crippen LogP contribution in [0.15, 0.2) is 21.9 Å². The Labute approximate surface area is 206 Å². The number of phosphoric ester groups is 2. The summed E-state index contributed by atoms with van der Waals surface area (Å²) in [5, 5.41) is 48.2. The topological polar surface area (TPSA) is 277 Å². The van der Waals surface area contributed by atoms with E-state index in [0.29, 0.717) is 0 Å². The number of aliphatic hydroxyl groups is 5. The lowest BCUT2D eigenvalue weighted by atomic mass is 10.0. The molecule has 3 heterocycles. The van der Waals surface area contributed by atoms with Gasteiger partial charge >= 0.3 is 21.3 Å². The minimum absolute atomic E-state index is 0.724. The average Bonchev–Trinajstić information content (AvgIpc) is 3.06. The van der Waals surface area contributed by atoms with Crippen LogP contribution in [0, 0.1) is 0 Å². The zero-order chi connectivity index (χ0) is 27.0. The van der Waals surface area contributed by atoms with Crippen LogP contribution in [0.2, 0.25) is 0 Å². The number of thiol groups is 1. The molecule has 5 unspecified atom stereocenters. The monoisotopic (exact) mass is 582 g/mol. The van der Waals surface area contributed by atoms with Crippen molar-refractivity contribution in [2.24, 2.45) is 0 Å². The lowest BCUT2D eigenvalue weighted by Gasteiger charge is -2.40. The number of aromatic amines is 1. The molecule has 0 bridgehead atoms. The van der Waals surface area contributed by atoms with Gasteiger partial charge in [-0.05, 0) is 0 Å². The zero-order valence-corrected chi connectivity index (χ0v) is 20.5. The first-order valence-electron chi connectivity index (χ1n) is 9.99. The second-order valence-electron chi connectivity index (χ2n) is 7.68. The molecule has 0 amide bonds. The Balaban J connectivity index is 1.61. The van der Waals surface area contributed by atoms with Crippen LogP contribution in [-0.4, -0.2) is 106 Å². The highest BCUT2D eigenvalue weighted by molar-refractivity contribution is 7.81. The second-order valence-corrected chi connectivity index (χ2v) is 11.3. The quantitative estimate of drug-likeness (QED) is 0.0995. The highest BCUT2D eigenvalue weighted by atomic mass is 32.1. The van der Waals surface area contributed by atoms with Gasteiger partial charge in [-0.3, -0.25) is 23.4 Å². The first-order chi connectivity index (χ1) is 16.7. The summed E-state index contributed by atoms with van der Waals surface area (Å²) in [7, 11) is -11.0. The average molecular weight is 582 g/mol. The standard InChI is InChI=1S/C15H24N2O16P2S/c18-3-5-12(36)9(21)11(23)14(31-5)32-35(27,28)33-34(25,26)29-4-6-8(20)10(22)13(30-6)17-2-1-7(19)16-15(17)24/h1-2,5-6,8-14,18,20-23,36H,3-4H2,(H,25,26)(H,27,28)(H,16,19,24)/t5?,6-,8+,9-,10?,11?,12-,13-,14-/m1/s1. The summed E-state index contributed by atoms with van der Waals surface area (Å²) < 4.78 is 48.5. The molecule has 1 aromatic heterocycles. The van der Waals surface area contributed by atoms with E-state index < -0.39 is 94.5 Å². The lowest BCUT2D eigenvalue weighted by molar-refractivity contribution is -0.241. The summed E-state index contributed by atoms with van der Waals surface area (Å²) >= 11 is 3.93. The molecule has 3 rings (SSSR count). The number of nitrogens with zero attached hydrogens (tertiary/aromatic N) is 1. The van der Waals surface area contributed by atoms with Gasteiger partial charge in [0.05, 0.1) is 30.7 Å². The van der Waals surface area contributed by atoms with Gasteiger partial charge in [-0.2, -0.15) is 16.9 Å². The summed E-state index contributed by atoms with van der Waals surface area (Å²) in [5.41, 5.74) is -1.73. The number of hydrogen-bond donors (Lipinski definition) is 9. The summed E-state index contributed by atoms with van der Waals surface area (Å²) in [6.45, 7) is -1.73. The number of aliphatic hydroxyl groups excluding tert-OH is 5. The van der Waals surface area contributed by atoms with Crippen LogP contribution >= 0.6 is 28.3 Å². The molecule has 0 aliphatic carbocycles. The van der Waals surface area contributed by atoms with E-state index in [9.17, 15) is 54.0 Å². The van der Waals surface area contributed by atoms with Crippen LogP contribution in [0.1, 0.15) is 6.23 Å². The molecule has 1 aromatic rings. The summed E-state index contributed by atoms with van der Waals surface area (Å²) in [4.78, 5) is 44.6. The van der Waals surface area contributed by atoms with Crippen LogP contribution in [0.25, 0.3) is 0 Å². The fourth-order valence-corrected chi connectivity index (χ4v) is 5.85. The summed E-state index contributed by atoms with van der Waals surface area (Å²) in [6.07, 6.45) is -12.6. The molecule has 0 saturated carbocycles. The smallest absolute Gasteiger partial charge is 0.394 e. The SMILES string of the molecule is O=c1ccn([C@@H]2O[C@H](COP(=O)(O)OP(=O)(O)O[C@H]3OC(CO)[C@@H](S)[C@H](O)C3O)[C@H](O)C2O)c(=O)[nH]1. The number of nitrogens with one attached hydrogen (secondary N) is 1. The highest BCUT2D eigenvalue weighted by Gasteiger charge is 2.49. The van der Waals surface area contributed by atoms with E-state index in [1.54, 1.807) is 0 Å². The minimum atomic E-state index is -5.54. The van der Waals surface area contributed by atoms with Gasteiger partial charge in [0, 0.05) is 12.3 Å². The van der Waals surface area contributed by atoms with E-state index in [0.717, 1.165) is 16.8 Å². The van der Waals surface area contributed by atoms with Gasteiger partial charge in [0.15, 0.2) is 12.5 Å². The Morgan fingerprint density at radius 1 is 1.00 bits per heavy atom. The van der Waals surface area contributed by atoms with E-state index >= 15 is 0 Å². The molecule has 18 nitrogen and oxygen atoms in total. The third-order valence-corrected chi connectivity index (χ3v) is 8.39. The summed E-state index contributed by atoms with van der Waals surface area (Å²) in [5.74, 6) is 0. The molecule has 0 aromatic carbocycles. The maximum atomic E-state index is 12.2. The van der Waals surface area contributed by atoms with E-state index in [1.807, 2.05) is 4.98 Å². The van der Waals surface area contributed by atoms with Crippen LogP contribution < -0.4 is 11.2 Å². The van der Waals surface area contributed by atoms with Gasteiger partial charge < -0.3 is 44.8 Å². The Morgan fingerprint density at radius 2 is 1.67 bits per heavy atom. The van der Waals surface area contributed by atoms with E-state index in [4.69, 9.17) is 9.47 Å².